The second-order valence-corrected chi connectivity index (χ2v) is 7.62. The second-order valence-electron chi connectivity index (χ2n) is 7.62. The number of esters is 1. The second kappa shape index (κ2) is 7.37. The SMILES string of the molecule is CC(C)c1ccc(NC(=O)COC(=O)C[C@@H]2C[C@@H]3CC[C@@H]2C3)cc1. The highest BCUT2D eigenvalue weighted by Crippen LogP contribution is 2.49. The Balaban J connectivity index is 1.39. The van der Waals surface area contributed by atoms with E-state index in [0.717, 1.165) is 18.0 Å². The quantitative estimate of drug-likeness (QED) is 0.799. The van der Waals surface area contributed by atoms with Crippen LogP contribution in [0.5, 0.6) is 0 Å². The van der Waals surface area contributed by atoms with Crippen LogP contribution in [0.4, 0.5) is 5.69 Å². The van der Waals surface area contributed by atoms with Gasteiger partial charge in [-0.05, 0) is 60.6 Å². The molecular weight excluding hydrogens is 302 g/mol. The molecule has 0 radical (unpaired) electrons. The third-order valence-corrected chi connectivity index (χ3v) is 5.54. The van der Waals surface area contributed by atoms with Crippen molar-refractivity contribution in [2.24, 2.45) is 17.8 Å². The van der Waals surface area contributed by atoms with Crippen molar-refractivity contribution < 1.29 is 14.3 Å². The average Bonchev–Trinajstić information content (AvgIpc) is 3.16. The number of nitrogens with one attached hydrogen (secondary N) is 1. The summed E-state index contributed by atoms with van der Waals surface area (Å²) in [6.07, 6.45) is 5.50. The lowest BCUT2D eigenvalue weighted by Crippen LogP contribution is -2.23. The summed E-state index contributed by atoms with van der Waals surface area (Å²) in [4.78, 5) is 23.9. The maximum Gasteiger partial charge on any atom is 0.306 e. The van der Waals surface area contributed by atoms with Crippen molar-refractivity contribution in [2.75, 3.05) is 11.9 Å². The van der Waals surface area contributed by atoms with Crippen molar-refractivity contribution in [3.63, 3.8) is 0 Å². The molecule has 2 aliphatic rings. The summed E-state index contributed by atoms with van der Waals surface area (Å²) in [5, 5.41) is 2.77. The number of carbonyl (C=O) groups is 2. The molecule has 130 valence electrons. The highest BCUT2D eigenvalue weighted by atomic mass is 16.5. The number of amides is 1. The Hall–Kier alpha value is -1.84. The fourth-order valence-electron chi connectivity index (χ4n) is 4.19. The zero-order valence-electron chi connectivity index (χ0n) is 14.6. The van der Waals surface area contributed by atoms with E-state index in [9.17, 15) is 9.59 Å². The Labute approximate surface area is 144 Å². The van der Waals surface area contributed by atoms with Crippen LogP contribution in [0.15, 0.2) is 24.3 Å². The van der Waals surface area contributed by atoms with Gasteiger partial charge in [0.1, 0.15) is 0 Å². The zero-order valence-corrected chi connectivity index (χ0v) is 14.6. The van der Waals surface area contributed by atoms with Crippen molar-refractivity contribution in [1.29, 1.82) is 0 Å². The highest BCUT2D eigenvalue weighted by Gasteiger charge is 2.40. The van der Waals surface area contributed by atoms with Gasteiger partial charge in [-0.25, -0.2) is 0 Å². The lowest BCUT2D eigenvalue weighted by molar-refractivity contribution is -0.148. The van der Waals surface area contributed by atoms with Gasteiger partial charge < -0.3 is 10.1 Å². The molecule has 2 fully saturated rings. The maximum atomic E-state index is 11.9. The summed E-state index contributed by atoms with van der Waals surface area (Å²) < 4.78 is 5.16. The molecule has 24 heavy (non-hydrogen) atoms. The van der Waals surface area contributed by atoms with Crippen molar-refractivity contribution in [2.45, 2.75) is 51.9 Å². The third kappa shape index (κ3) is 4.16. The number of hydrogen-bond donors (Lipinski definition) is 1. The van der Waals surface area contributed by atoms with Gasteiger partial charge in [0.05, 0.1) is 0 Å². The molecule has 0 saturated heterocycles. The van der Waals surface area contributed by atoms with Gasteiger partial charge in [0.15, 0.2) is 6.61 Å². The standard InChI is InChI=1S/C20H27NO3/c1-13(2)15-5-7-18(8-6-15)21-19(22)12-24-20(23)11-17-10-14-3-4-16(17)9-14/h5-8,13-14,16-17H,3-4,9-12H2,1-2H3,(H,21,22)/t14-,16-,17+/m1/s1. The van der Waals surface area contributed by atoms with Crippen LogP contribution in [0.25, 0.3) is 0 Å². The van der Waals surface area contributed by atoms with Crippen LogP contribution in [-0.2, 0) is 14.3 Å². The molecule has 1 aromatic carbocycles. The summed E-state index contributed by atoms with van der Waals surface area (Å²) in [6.45, 7) is 4.05. The minimum Gasteiger partial charge on any atom is -0.456 e. The van der Waals surface area contributed by atoms with Gasteiger partial charge in [0.25, 0.3) is 5.91 Å². The third-order valence-electron chi connectivity index (χ3n) is 5.54. The van der Waals surface area contributed by atoms with Gasteiger partial charge >= 0.3 is 5.97 Å². The van der Waals surface area contributed by atoms with Crippen LogP contribution in [0, 0.1) is 17.8 Å². The Bertz CT molecular complexity index is 593. The first-order valence-corrected chi connectivity index (χ1v) is 9.06. The summed E-state index contributed by atoms with van der Waals surface area (Å²) in [5.41, 5.74) is 1.96. The molecule has 2 saturated carbocycles. The molecule has 3 rings (SSSR count). The molecule has 1 aromatic rings. The molecule has 0 heterocycles. The van der Waals surface area contributed by atoms with Crippen LogP contribution < -0.4 is 5.32 Å². The Morgan fingerprint density at radius 1 is 1.17 bits per heavy atom. The van der Waals surface area contributed by atoms with Gasteiger partial charge in [-0.15, -0.1) is 0 Å². The molecule has 1 amide bonds. The molecule has 4 heteroatoms. The van der Waals surface area contributed by atoms with Gasteiger partial charge in [-0.1, -0.05) is 32.4 Å². The molecule has 3 atom stereocenters. The van der Waals surface area contributed by atoms with E-state index in [2.05, 4.69) is 19.2 Å². The molecule has 2 aliphatic carbocycles. The molecule has 2 bridgehead atoms. The average molecular weight is 329 g/mol. The van der Waals surface area contributed by atoms with Crippen LogP contribution in [-0.4, -0.2) is 18.5 Å². The van der Waals surface area contributed by atoms with E-state index < -0.39 is 0 Å². The molecule has 1 N–H and O–H groups in total. The number of rotatable bonds is 6. The molecule has 0 aliphatic heterocycles. The summed E-state index contributed by atoms with van der Waals surface area (Å²) in [5.74, 6) is 1.94. The first-order chi connectivity index (χ1) is 11.5. The minimum absolute atomic E-state index is 0.203. The molecule has 0 aromatic heterocycles. The van der Waals surface area contributed by atoms with E-state index in [1.165, 1.54) is 24.8 Å². The summed E-state index contributed by atoms with van der Waals surface area (Å²) in [6, 6.07) is 7.76. The predicted molar refractivity (Wildman–Crippen MR) is 93.7 cm³/mol. The fourth-order valence-corrected chi connectivity index (χ4v) is 4.19. The number of anilines is 1. The molecule has 4 nitrogen and oxygen atoms in total. The Kier molecular flexibility index (Phi) is 5.22. The van der Waals surface area contributed by atoms with E-state index >= 15 is 0 Å². The first kappa shape index (κ1) is 17.0. The normalized spacial score (nSPS) is 25.0. The van der Waals surface area contributed by atoms with E-state index in [4.69, 9.17) is 4.74 Å². The van der Waals surface area contributed by atoms with Crippen LogP contribution in [0.2, 0.25) is 0 Å². The lowest BCUT2D eigenvalue weighted by atomic mass is 9.86. The largest absolute Gasteiger partial charge is 0.456 e. The molecule has 0 unspecified atom stereocenters. The van der Waals surface area contributed by atoms with Crippen LogP contribution >= 0.6 is 0 Å². The summed E-state index contributed by atoms with van der Waals surface area (Å²) in [7, 11) is 0. The van der Waals surface area contributed by atoms with Crippen molar-refractivity contribution in [1.82, 2.24) is 0 Å². The van der Waals surface area contributed by atoms with Crippen LogP contribution in [0.3, 0.4) is 0 Å². The van der Waals surface area contributed by atoms with Gasteiger partial charge in [-0.2, -0.15) is 0 Å². The lowest BCUT2D eigenvalue weighted by Gasteiger charge is -2.20. The first-order valence-electron chi connectivity index (χ1n) is 9.06. The fraction of sp³-hybridized carbons (Fsp3) is 0.600. The number of ether oxygens (including phenoxy) is 1. The van der Waals surface area contributed by atoms with Crippen molar-refractivity contribution in [3.8, 4) is 0 Å². The van der Waals surface area contributed by atoms with Crippen molar-refractivity contribution >= 4 is 17.6 Å². The van der Waals surface area contributed by atoms with Gasteiger partial charge in [0, 0.05) is 12.1 Å². The number of hydrogen-bond acceptors (Lipinski definition) is 3. The number of carbonyl (C=O) groups excluding carboxylic acids is 2. The monoisotopic (exact) mass is 329 g/mol. The van der Waals surface area contributed by atoms with Crippen molar-refractivity contribution in [3.05, 3.63) is 29.8 Å². The maximum absolute atomic E-state index is 11.9. The van der Waals surface area contributed by atoms with E-state index in [-0.39, 0.29) is 18.5 Å². The van der Waals surface area contributed by atoms with Gasteiger partial charge in [0.2, 0.25) is 0 Å². The zero-order chi connectivity index (χ0) is 17.1. The number of benzene rings is 1. The van der Waals surface area contributed by atoms with E-state index in [0.29, 0.717) is 24.2 Å². The highest BCUT2D eigenvalue weighted by molar-refractivity contribution is 5.92. The van der Waals surface area contributed by atoms with Crippen LogP contribution in [0.1, 0.15) is 57.4 Å². The van der Waals surface area contributed by atoms with E-state index in [1.54, 1.807) is 0 Å². The van der Waals surface area contributed by atoms with Gasteiger partial charge in [-0.3, -0.25) is 9.59 Å². The number of fused-ring (bicyclic) bond motifs is 2. The molecular formula is C20H27NO3. The van der Waals surface area contributed by atoms with E-state index in [1.807, 2.05) is 24.3 Å². The minimum atomic E-state index is -0.284. The topological polar surface area (TPSA) is 55.4 Å². The summed E-state index contributed by atoms with van der Waals surface area (Å²) >= 11 is 0. The smallest absolute Gasteiger partial charge is 0.306 e. The Morgan fingerprint density at radius 3 is 2.50 bits per heavy atom. The molecule has 0 spiro atoms. The predicted octanol–water partition coefficient (Wildman–Crippen LogP) is 4.12. The Morgan fingerprint density at radius 2 is 1.92 bits per heavy atom.